The van der Waals surface area contributed by atoms with Crippen LogP contribution in [0.15, 0.2) is 58.5 Å². The number of hydrazone groups is 1. The molecule has 1 aliphatic rings. The summed E-state index contributed by atoms with van der Waals surface area (Å²) in [6, 6.07) is 9.45. The molecule has 1 saturated carbocycles. The fourth-order valence-electron chi connectivity index (χ4n) is 3.63. The predicted molar refractivity (Wildman–Crippen MR) is 125 cm³/mol. The van der Waals surface area contributed by atoms with Crippen molar-refractivity contribution < 1.29 is 26.4 Å². The molecule has 34 heavy (non-hydrogen) atoms. The second-order valence-corrected chi connectivity index (χ2v) is 10.2. The summed E-state index contributed by atoms with van der Waals surface area (Å²) in [5.41, 5.74) is 1.64. The summed E-state index contributed by atoms with van der Waals surface area (Å²) in [5, 5.41) is 3.90. The van der Waals surface area contributed by atoms with E-state index in [-0.39, 0.29) is 9.92 Å². The van der Waals surface area contributed by atoms with E-state index in [0.29, 0.717) is 10.4 Å². The van der Waals surface area contributed by atoms with Gasteiger partial charge in [0.15, 0.2) is 0 Å². The van der Waals surface area contributed by atoms with Gasteiger partial charge < -0.3 is 0 Å². The normalized spacial score (nSPS) is 15.2. The highest BCUT2D eigenvalue weighted by Crippen LogP contribution is 2.37. The Morgan fingerprint density at radius 1 is 1.00 bits per heavy atom. The van der Waals surface area contributed by atoms with Gasteiger partial charge in [0, 0.05) is 5.71 Å². The van der Waals surface area contributed by atoms with Gasteiger partial charge in [0.1, 0.15) is 6.54 Å². The fourth-order valence-corrected chi connectivity index (χ4v) is 5.35. The van der Waals surface area contributed by atoms with E-state index in [1.165, 1.54) is 24.3 Å². The lowest BCUT2D eigenvalue weighted by molar-refractivity contribution is -0.137. The van der Waals surface area contributed by atoms with Crippen LogP contribution in [0.4, 0.5) is 18.9 Å². The second-order valence-electron chi connectivity index (χ2n) is 7.97. The molecule has 0 spiro atoms. The molecular formula is C23H25ClF3N3O3S. The maximum Gasteiger partial charge on any atom is 0.416 e. The number of amides is 1. The average Bonchev–Trinajstić information content (AvgIpc) is 2.77. The van der Waals surface area contributed by atoms with Gasteiger partial charge >= 0.3 is 6.18 Å². The first-order valence-electron chi connectivity index (χ1n) is 10.9. The molecule has 6 nitrogen and oxygen atoms in total. The van der Waals surface area contributed by atoms with Crippen molar-refractivity contribution in [1.82, 2.24) is 5.43 Å². The Morgan fingerprint density at radius 2 is 1.62 bits per heavy atom. The Bertz CT molecular complexity index is 1130. The number of nitrogens with zero attached hydrogens (tertiary/aromatic N) is 2. The van der Waals surface area contributed by atoms with Crippen LogP contribution in [-0.4, -0.2) is 26.6 Å². The zero-order chi connectivity index (χ0) is 24.8. The first-order valence-corrected chi connectivity index (χ1v) is 12.7. The number of anilines is 1. The topological polar surface area (TPSA) is 78.8 Å². The highest BCUT2D eigenvalue weighted by molar-refractivity contribution is 7.92. The Balaban J connectivity index is 1.94. The Labute approximate surface area is 201 Å². The first-order chi connectivity index (χ1) is 16.1. The van der Waals surface area contributed by atoms with Crippen molar-refractivity contribution in [3.05, 3.63) is 59.1 Å². The summed E-state index contributed by atoms with van der Waals surface area (Å²) < 4.78 is 67.2. The van der Waals surface area contributed by atoms with E-state index in [1.807, 2.05) is 0 Å². The quantitative estimate of drug-likeness (QED) is 0.496. The van der Waals surface area contributed by atoms with Gasteiger partial charge in [-0.1, -0.05) is 49.1 Å². The molecule has 2 aromatic rings. The number of carbonyl (C=O) groups excluding carboxylic acids is 1. The van der Waals surface area contributed by atoms with Crippen LogP contribution < -0.4 is 9.73 Å². The van der Waals surface area contributed by atoms with E-state index in [1.54, 1.807) is 6.07 Å². The Kier molecular flexibility index (Phi) is 8.59. The molecule has 11 heteroatoms. The monoisotopic (exact) mass is 515 g/mol. The summed E-state index contributed by atoms with van der Waals surface area (Å²) in [5.74, 6) is -0.789. The number of hydrogen-bond acceptors (Lipinski definition) is 4. The highest BCUT2D eigenvalue weighted by Gasteiger charge is 2.34. The maximum atomic E-state index is 13.3. The van der Waals surface area contributed by atoms with Crippen molar-refractivity contribution in [2.75, 3.05) is 10.8 Å². The average molecular weight is 516 g/mol. The molecule has 1 aliphatic carbocycles. The van der Waals surface area contributed by atoms with Crippen molar-refractivity contribution in [2.45, 2.75) is 56.0 Å². The van der Waals surface area contributed by atoms with Crippen molar-refractivity contribution in [2.24, 2.45) is 5.10 Å². The van der Waals surface area contributed by atoms with E-state index in [2.05, 4.69) is 10.5 Å². The first kappa shape index (κ1) is 26.0. The van der Waals surface area contributed by atoms with Crippen LogP contribution in [0.5, 0.6) is 0 Å². The molecule has 0 atom stereocenters. The molecule has 0 bridgehead atoms. The zero-order valence-corrected chi connectivity index (χ0v) is 19.9. The summed E-state index contributed by atoms with van der Waals surface area (Å²) >= 11 is 6.12. The summed E-state index contributed by atoms with van der Waals surface area (Å²) in [7, 11) is -4.42. The van der Waals surface area contributed by atoms with Gasteiger partial charge in [-0.05, 0) is 56.0 Å². The standard InChI is InChI=1S/C23H25ClF3N3O3S/c24-20-14-13-17(23(25,26)27)15-21(20)30(34(32,33)19-11-7-4-8-12-19)16-22(31)29-28-18-9-5-2-1-3-6-10-18/h4,7-8,11-15H,1-3,5-6,9-10,16H2,(H,29,31). The van der Waals surface area contributed by atoms with Crippen LogP contribution in [0.3, 0.4) is 0 Å². The number of alkyl halides is 3. The molecule has 0 aliphatic heterocycles. The van der Waals surface area contributed by atoms with Gasteiger partial charge in [-0.15, -0.1) is 0 Å². The SMILES string of the molecule is O=C(CN(c1cc(C(F)(F)F)ccc1Cl)S(=O)(=O)c1ccccc1)NN=C1CCCCCCC1. The lowest BCUT2D eigenvalue weighted by atomic mass is 9.99. The smallest absolute Gasteiger partial charge is 0.271 e. The molecule has 1 fully saturated rings. The number of rotatable bonds is 6. The second kappa shape index (κ2) is 11.2. The van der Waals surface area contributed by atoms with E-state index in [0.717, 1.165) is 62.8 Å². The van der Waals surface area contributed by atoms with Crippen molar-refractivity contribution >= 4 is 38.9 Å². The Hall–Kier alpha value is -2.59. The molecule has 3 rings (SSSR count). The van der Waals surface area contributed by atoms with Gasteiger partial charge in [0.2, 0.25) is 0 Å². The van der Waals surface area contributed by atoms with E-state index < -0.39 is 39.9 Å². The third-order valence-electron chi connectivity index (χ3n) is 5.43. The maximum absolute atomic E-state index is 13.3. The van der Waals surface area contributed by atoms with E-state index in [4.69, 9.17) is 11.6 Å². The zero-order valence-electron chi connectivity index (χ0n) is 18.3. The molecule has 0 aromatic heterocycles. The van der Waals surface area contributed by atoms with Gasteiger partial charge in [-0.25, -0.2) is 13.8 Å². The van der Waals surface area contributed by atoms with Crippen molar-refractivity contribution in [3.8, 4) is 0 Å². The lowest BCUT2D eigenvalue weighted by Gasteiger charge is -2.25. The molecule has 2 aromatic carbocycles. The number of halogens is 4. The van der Waals surface area contributed by atoms with E-state index >= 15 is 0 Å². The summed E-state index contributed by atoms with van der Waals surface area (Å²) in [6.45, 7) is -0.797. The Morgan fingerprint density at radius 3 is 2.24 bits per heavy atom. The molecule has 1 amide bonds. The molecule has 0 heterocycles. The van der Waals surface area contributed by atoms with E-state index in [9.17, 15) is 26.4 Å². The third kappa shape index (κ3) is 6.73. The van der Waals surface area contributed by atoms with Gasteiger partial charge in [-0.2, -0.15) is 18.3 Å². The predicted octanol–water partition coefficient (Wildman–Crippen LogP) is 5.77. The van der Waals surface area contributed by atoms with Crippen LogP contribution in [0.2, 0.25) is 5.02 Å². The number of hydrogen-bond donors (Lipinski definition) is 1. The molecule has 0 unspecified atom stereocenters. The molecule has 0 saturated heterocycles. The van der Waals surface area contributed by atoms with Crippen LogP contribution in [0.1, 0.15) is 50.5 Å². The third-order valence-corrected chi connectivity index (χ3v) is 7.52. The molecule has 184 valence electrons. The number of benzene rings is 2. The molecular weight excluding hydrogens is 491 g/mol. The van der Waals surface area contributed by atoms with Gasteiger partial charge in [0.25, 0.3) is 15.9 Å². The van der Waals surface area contributed by atoms with Crippen LogP contribution in [0.25, 0.3) is 0 Å². The van der Waals surface area contributed by atoms with Gasteiger partial charge in [-0.3, -0.25) is 9.10 Å². The number of sulfonamides is 1. The van der Waals surface area contributed by atoms with Crippen LogP contribution in [-0.2, 0) is 21.0 Å². The number of carbonyl (C=O) groups is 1. The largest absolute Gasteiger partial charge is 0.416 e. The lowest BCUT2D eigenvalue weighted by Crippen LogP contribution is -2.40. The summed E-state index contributed by atoms with van der Waals surface area (Å²) in [6.07, 6.45) is 1.93. The molecule has 1 N–H and O–H groups in total. The minimum absolute atomic E-state index is 0.192. The van der Waals surface area contributed by atoms with Gasteiger partial charge in [0.05, 0.1) is 21.2 Å². The fraction of sp³-hybridized carbons (Fsp3) is 0.391. The highest BCUT2D eigenvalue weighted by atomic mass is 35.5. The van der Waals surface area contributed by atoms with Crippen LogP contribution >= 0.6 is 11.6 Å². The molecule has 0 radical (unpaired) electrons. The van der Waals surface area contributed by atoms with Crippen molar-refractivity contribution in [3.63, 3.8) is 0 Å². The summed E-state index contributed by atoms with van der Waals surface area (Å²) in [4.78, 5) is 12.5. The minimum Gasteiger partial charge on any atom is -0.271 e. The number of nitrogens with one attached hydrogen (secondary N) is 1. The van der Waals surface area contributed by atoms with Crippen LogP contribution in [0, 0.1) is 0 Å². The minimum atomic E-state index is -4.73. The van der Waals surface area contributed by atoms with Crippen molar-refractivity contribution in [1.29, 1.82) is 0 Å².